The monoisotopic (exact) mass is 280 g/mol. The summed E-state index contributed by atoms with van der Waals surface area (Å²) >= 11 is 2.06. The van der Waals surface area contributed by atoms with Gasteiger partial charge in [0.2, 0.25) is 0 Å². The second kappa shape index (κ2) is 6.73. The van der Waals surface area contributed by atoms with Gasteiger partial charge in [-0.2, -0.15) is 0 Å². The molecule has 0 aliphatic rings. The van der Waals surface area contributed by atoms with Crippen molar-refractivity contribution >= 4 is 22.6 Å². The summed E-state index contributed by atoms with van der Waals surface area (Å²) in [5, 5.41) is 0. The number of rotatable bonds is 5. The molecule has 0 saturated heterocycles. The molecule has 1 nitrogen and oxygen atoms in total. The van der Waals surface area contributed by atoms with E-state index in [9.17, 15) is 0 Å². The standard InChI is InChI=1S/C10H17IO/c1-4-5-8-12-9-10(2,3)6-7-11/h4-5,8-9H2,1-3H3. The molecular formula is C10H17IO. The average Bonchev–Trinajstić information content (AvgIpc) is 1.98. The average molecular weight is 280 g/mol. The molecule has 0 aromatic carbocycles. The fourth-order valence-corrected chi connectivity index (χ4v) is 1.47. The maximum absolute atomic E-state index is 5.49. The molecule has 12 heavy (non-hydrogen) atoms. The van der Waals surface area contributed by atoms with Crippen LogP contribution in [0.3, 0.4) is 0 Å². The van der Waals surface area contributed by atoms with Crippen molar-refractivity contribution in [3.63, 3.8) is 0 Å². The van der Waals surface area contributed by atoms with E-state index in [1.165, 1.54) is 6.42 Å². The van der Waals surface area contributed by atoms with Gasteiger partial charge >= 0.3 is 0 Å². The Balaban J connectivity index is 3.52. The molecule has 0 aromatic rings. The molecule has 0 fully saturated rings. The van der Waals surface area contributed by atoms with Crippen molar-refractivity contribution < 1.29 is 4.74 Å². The zero-order chi connectivity index (χ0) is 9.45. The normalized spacial score (nSPS) is 10.7. The molecule has 0 saturated carbocycles. The second-order valence-electron chi connectivity index (χ2n) is 3.51. The van der Waals surface area contributed by atoms with Gasteiger partial charge in [-0.3, -0.25) is 0 Å². The van der Waals surface area contributed by atoms with Gasteiger partial charge in [0.15, 0.2) is 0 Å². The van der Waals surface area contributed by atoms with Crippen LogP contribution in [0.5, 0.6) is 0 Å². The maximum atomic E-state index is 5.49. The fourth-order valence-electron chi connectivity index (χ4n) is 0.738. The molecule has 0 unspecified atom stereocenters. The summed E-state index contributed by atoms with van der Waals surface area (Å²) < 4.78 is 8.37. The minimum absolute atomic E-state index is 0.00886. The molecule has 0 amide bonds. The Morgan fingerprint density at radius 2 is 2.08 bits per heavy atom. The molecule has 2 heteroatoms. The number of hydrogen-bond donors (Lipinski definition) is 0. The van der Waals surface area contributed by atoms with Crippen molar-refractivity contribution in [2.75, 3.05) is 13.2 Å². The molecule has 0 aliphatic carbocycles. The molecule has 70 valence electrons. The zero-order valence-electron chi connectivity index (χ0n) is 8.11. The third-order valence-electron chi connectivity index (χ3n) is 1.49. The smallest absolute Gasteiger partial charge is 0.0626 e. The maximum Gasteiger partial charge on any atom is 0.0626 e. The van der Waals surface area contributed by atoms with Crippen LogP contribution in [0.15, 0.2) is 0 Å². The third kappa shape index (κ3) is 6.93. The Hall–Kier alpha value is 0.250. The molecule has 0 atom stereocenters. The number of ether oxygens (including phenoxy) is 1. The van der Waals surface area contributed by atoms with Crippen LogP contribution >= 0.6 is 22.6 Å². The molecule has 0 N–H and O–H groups in total. The highest BCUT2D eigenvalue weighted by Crippen LogP contribution is 2.14. The minimum atomic E-state index is 0.00886. The van der Waals surface area contributed by atoms with E-state index < -0.39 is 0 Å². The van der Waals surface area contributed by atoms with Crippen molar-refractivity contribution in [2.45, 2.75) is 33.6 Å². The van der Waals surface area contributed by atoms with Gasteiger partial charge in [0.25, 0.3) is 0 Å². The van der Waals surface area contributed by atoms with Crippen LogP contribution in [0.4, 0.5) is 0 Å². The molecule has 0 aliphatic heterocycles. The quantitative estimate of drug-likeness (QED) is 0.427. The van der Waals surface area contributed by atoms with Gasteiger partial charge in [-0.15, -0.1) is 0 Å². The van der Waals surface area contributed by atoms with Crippen LogP contribution in [0.25, 0.3) is 0 Å². The Kier molecular flexibility index (Phi) is 6.87. The molecule has 0 bridgehead atoms. The van der Waals surface area contributed by atoms with E-state index in [1.807, 2.05) is 0 Å². The van der Waals surface area contributed by atoms with Crippen molar-refractivity contribution in [3.8, 4) is 9.85 Å². The first-order chi connectivity index (χ1) is 5.62. The lowest BCUT2D eigenvalue weighted by molar-refractivity contribution is 0.0853. The zero-order valence-corrected chi connectivity index (χ0v) is 10.3. The summed E-state index contributed by atoms with van der Waals surface area (Å²) in [5.74, 6) is 3.11. The predicted octanol–water partition coefficient (Wildman–Crippen LogP) is 3.23. The van der Waals surface area contributed by atoms with Gasteiger partial charge in [0.05, 0.1) is 6.61 Å². The van der Waals surface area contributed by atoms with E-state index >= 15 is 0 Å². The lowest BCUT2D eigenvalue weighted by Gasteiger charge is -2.16. The van der Waals surface area contributed by atoms with E-state index in [0.29, 0.717) is 0 Å². The molecule has 0 radical (unpaired) electrons. The van der Waals surface area contributed by atoms with Crippen LogP contribution in [0, 0.1) is 15.3 Å². The van der Waals surface area contributed by atoms with Crippen LogP contribution in [-0.4, -0.2) is 13.2 Å². The molecular weight excluding hydrogens is 263 g/mol. The summed E-state index contributed by atoms with van der Waals surface area (Å²) in [7, 11) is 0. The summed E-state index contributed by atoms with van der Waals surface area (Å²) in [5.41, 5.74) is 0.00886. The van der Waals surface area contributed by atoms with Crippen molar-refractivity contribution in [1.29, 1.82) is 0 Å². The summed E-state index contributed by atoms with van der Waals surface area (Å²) in [4.78, 5) is 0. The van der Waals surface area contributed by atoms with Gasteiger partial charge in [-0.05, 0) is 24.2 Å². The first-order valence-electron chi connectivity index (χ1n) is 4.33. The Labute approximate surface area is 89.4 Å². The van der Waals surface area contributed by atoms with Gasteiger partial charge in [-0.1, -0.05) is 19.3 Å². The molecule has 0 heterocycles. The number of halogens is 1. The summed E-state index contributed by atoms with van der Waals surface area (Å²) in [6.45, 7) is 7.97. The predicted molar refractivity (Wildman–Crippen MR) is 61.3 cm³/mol. The van der Waals surface area contributed by atoms with Gasteiger partial charge < -0.3 is 4.74 Å². The second-order valence-corrected chi connectivity index (χ2v) is 4.05. The van der Waals surface area contributed by atoms with Crippen LogP contribution < -0.4 is 0 Å². The first kappa shape index (κ1) is 12.2. The first-order valence-corrected chi connectivity index (χ1v) is 5.41. The van der Waals surface area contributed by atoms with Crippen molar-refractivity contribution in [1.82, 2.24) is 0 Å². The Morgan fingerprint density at radius 3 is 2.58 bits per heavy atom. The lowest BCUT2D eigenvalue weighted by atomic mass is 9.97. The molecule has 0 aromatic heterocycles. The van der Waals surface area contributed by atoms with E-state index in [1.54, 1.807) is 0 Å². The lowest BCUT2D eigenvalue weighted by Crippen LogP contribution is -2.17. The van der Waals surface area contributed by atoms with Gasteiger partial charge in [0.1, 0.15) is 0 Å². The van der Waals surface area contributed by atoms with Crippen LogP contribution in [0.1, 0.15) is 33.6 Å². The highest BCUT2D eigenvalue weighted by Gasteiger charge is 2.13. The van der Waals surface area contributed by atoms with E-state index in [0.717, 1.165) is 19.6 Å². The van der Waals surface area contributed by atoms with E-state index in [2.05, 4.69) is 53.2 Å². The third-order valence-corrected chi connectivity index (χ3v) is 1.76. The summed E-state index contributed by atoms with van der Waals surface area (Å²) in [6, 6.07) is 0. The van der Waals surface area contributed by atoms with Crippen LogP contribution in [-0.2, 0) is 4.74 Å². The van der Waals surface area contributed by atoms with Gasteiger partial charge in [0, 0.05) is 34.6 Å². The summed E-state index contributed by atoms with van der Waals surface area (Å²) in [6.07, 6.45) is 2.34. The van der Waals surface area contributed by atoms with E-state index in [4.69, 9.17) is 4.74 Å². The highest BCUT2D eigenvalue weighted by atomic mass is 127. The van der Waals surface area contributed by atoms with Crippen molar-refractivity contribution in [3.05, 3.63) is 0 Å². The topological polar surface area (TPSA) is 9.23 Å². The van der Waals surface area contributed by atoms with Crippen LogP contribution in [0.2, 0.25) is 0 Å². The highest BCUT2D eigenvalue weighted by molar-refractivity contribution is 14.1. The van der Waals surface area contributed by atoms with E-state index in [-0.39, 0.29) is 5.41 Å². The Bertz CT molecular complexity index is 164. The Morgan fingerprint density at radius 1 is 1.42 bits per heavy atom. The molecule has 0 spiro atoms. The number of hydrogen-bond acceptors (Lipinski definition) is 1. The van der Waals surface area contributed by atoms with Crippen molar-refractivity contribution in [2.24, 2.45) is 5.41 Å². The SMILES string of the molecule is CCCCOCC(C)(C)C#CI. The number of unbranched alkanes of at least 4 members (excludes halogenated alkanes) is 1. The van der Waals surface area contributed by atoms with Gasteiger partial charge in [-0.25, -0.2) is 0 Å². The largest absolute Gasteiger partial charge is 0.380 e. The minimum Gasteiger partial charge on any atom is -0.380 e. The fraction of sp³-hybridized carbons (Fsp3) is 0.800. The molecule has 0 rings (SSSR count).